The average molecular weight is 332 g/mol. The van der Waals surface area contributed by atoms with Crippen molar-refractivity contribution in [3.63, 3.8) is 0 Å². The molecule has 0 radical (unpaired) electrons. The van der Waals surface area contributed by atoms with Gasteiger partial charge in [0.2, 0.25) is 0 Å². The molecule has 1 aromatic heterocycles. The van der Waals surface area contributed by atoms with E-state index >= 15 is 0 Å². The summed E-state index contributed by atoms with van der Waals surface area (Å²) in [6, 6.07) is 3.95. The van der Waals surface area contributed by atoms with E-state index in [0.29, 0.717) is 0 Å². The molecule has 56 valence electrons. The van der Waals surface area contributed by atoms with Crippen LogP contribution in [0.1, 0.15) is 5.69 Å². The first-order chi connectivity index (χ1) is 4.33. The number of rotatable bonds is 1. The van der Waals surface area contributed by atoms with E-state index in [1.807, 2.05) is 12.1 Å². The third-order valence-corrected chi connectivity index (χ3v) is 1.97. The van der Waals surface area contributed by atoms with Crippen molar-refractivity contribution in [3.05, 3.63) is 28.5 Å². The Hall–Kier alpha value is 0.590. The molecule has 0 aliphatic heterocycles. The van der Waals surface area contributed by atoms with Crippen molar-refractivity contribution in [2.75, 3.05) is 0 Å². The van der Waals surface area contributed by atoms with Gasteiger partial charge < -0.3 is 0 Å². The Balaban J connectivity index is 0.000000810. The maximum atomic E-state index is 4.10. The Morgan fingerprint density at radius 2 is 2.10 bits per heavy atom. The lowest BCUT2D eigenvalue weighted by Gasteiger charge is -1.91. The Labute approximate surface area is 87.3 Å². The summed E-state index contributed by atoms with van der Waals surface area (Å²) in [5.41, 5.74) is 1.05. The van der Waals surface area contributed by atoms with E-state index in [0.717, 1.165) is 15.5 Å². The van der Waals surface area contributed by atoms with Crippen LogP contribution in [0.15, 0.2) is 22.8 Å². The van der Waals surface area contributed by atoms with Gasteiger partial charge in [-0.1, -0.05) is 15.9 Å². The van der Waals surface area contributed by atoms with E-state index in [4.69, 9.17) is 0 Å². The highest BCUT2D eigenvalue weighted by molar-refractivity contribution is 9.10. The zero-order valence-corrected chi connectivity index (χ0v) is 9.94. The summed E-state index contributed by atoms with van der Waals surface area (Å²) in [5, 5.41) is 0.820. The molecule has 0 aliphatic rings. The second-order valence-corrected chi connectivity index (χ2v) is 3.08. The predicted octanol–water partition coefficient (Wildman–Crippen LogP) is 3.32. The van der Waals surface area contributed by atoms with Gasteiger partial charge in [-0.05, 0) is 28.1 Å². The van der Waals surface area contributed by atoms with Crippen LogP contribution in [0, 0.1) is 0 Å². The Bertz CT molecular complexity index is 185. The predicted molar refractivity (Wildman–Crippen MR) is 54.9 cm³/mol. The van der Waals surface area contributed by atoms with Gasteiger partial charge in [0.1, 0.15) is 0 Å². The highest BCUT2D eigenvalue weighted by Crippen LogP contribution is 2.08. The fourth-order valence-electron chi connectivity index (χ4n) is 0.485. The van der Waals surface area contributed by atoms with Gasteiger partial charge in [-0.3, -0.25) is 4.98 Å². The molecule has 10 heavy (non-hydrogen) atoms. The minimum atomic E-state index is 0. The summed E-state index contributed by atoms with van der Waals surface area (Å²) in [4.78, 5) is 4.10. The normalized spacial score (nSPS) is 8.60. The van der Waals surface area contributed by atoms with Gasteiger partial charge in [0.25, 0.3) is 0 Å². The third kappa shape index (κ3) is 3.12. The van der Waals surface area contributed by atoms with Crippen molar-refractivity contribution in [3.8, 4) is 0 Å². The molecule has 0 atom stereocenters. The van der Waals surface area contributed by atoms with E-state index in [2.05, 4.69) is 36.8 Å². The second-order valence-electron chi connectivity index (χ2n) is 1.60. The molecule has 0 aromatic carbocycles. The number of hydrogen-bond acceptors (Lipinski definition) is 1. The van der Waals surface area contributed by atoms with Crippen LogP contribution < -0.4 is 0 Å². The summed E-state index contributed by atoms with van der Waals surface area (Å²) in [7, 11) is 0. The van der Waals surface area contributed by atoms with Crippen LogP contribution in [0.2, 0.25) is 0 Å². The van der Waals surface area contributed by atoms with Gasteiger partial charge in [0, 0.05) is 16.0 Å². The molecule has 0 saturated carbocycles. The van der Waals surface area contributed by atoms with Crippen LogP contribution in [-0.4, -0.2) is 4.98 Å². The van der Waals surface area contributed by atoms with Crippen LogP contribution in [0.4, 0.5) is 0 Å². The molecular formula is C6H6Br3N. The number of nitrogens with zero attached hydrogens (tertiary/aromatic N) is 1. The average Bonchev–Trinajstić information content (AvgIpc) is 1.90. The van der Waals surface area contributed by atoms with Crippen LogP contribution >= 0.6 is 48.8 Å². The lowest BCUT2D eigenvalue weighted by Crippen LogP contribution is -1.80. The molecule has 4 heteroatoms. The molecule has 0 spiro atoms. The molecule has 1 aromatic rings. The number of hydrogen-bond donors (Lipinski definition) is 0. The first kappa shape index (κ1) is 10.6. The SMILES string of the molecule is Br.BrCc1ccc(Br)cn1. The van der Waals surface area contributed by atoms with Gasteiger partial charge in [0.15, 0.2) is 0 Å². The molecule has 1 nitrogen and oxygen atoms in total. The monoisotopic (exact) mass is 329 g/mol. The highest BCUT2D eigenvalue weighted by atomic mass is 79.9. The van der Waals surface area contributed by atoms with Crippen molar-refractivity contribution < 1.29 is 0 Å². The fraction of sp³-hybridized carbons (Fsp3) is 0.167. The van der Waals surface area contributed by atoms with Crippen LogP contribution in [0.3, 0.4) is 0 Å². The minimum Gasteiger partial charge on any atom is -0.259 e. The van der Waals surface area contributed by atoms with Gasteiger partial charge in [-0.25, -0.2) is 0 Å². The van der Waals surface area contributed by atoms with Gasteiger partial charge in [-0.15, -0.1) is 17.0 Å². The zero-order chi connectivity index (χ0) is 6.69. The quantitative estimate of drug-likeness (QED) is 0.719. The number of alkyl halides is 1. The standard InChI is InChI=1S/C6H5Br2N.BrH/c7-3-6-2-1-5(8)4-9-6;/h1-2,4H,3H2;1H. The Kier molecular flexibility index (Phi) is 5.58. The Morgan fingerprint density at radius 3 is 2.50 bits per heavy atom. The molecule has 0 bridgehead atoms. The van der Waals surface area contributed by atoms with E-state index < -0.39 is 0 Å². The first-order valence-electron chi connectivity index (χ1n) is 2.49. The van der Waals surface area contributed by atoms with Gasteiger partial charge >= 0.3 is 0 Å². The van der Waals surface area contributed by atoms with Crippen LogP contribution in [0.5, 0.6) is 0 Å². The van der Waals surface area contributed by atoms with Gasteiger partial charge in [0.05, 0.1) is 5.69 Å². The summed E-state index contributed by atoms with van der Waals surface area (Å²) in [5.74, 6) is 0. The Morgan fingerprint density at radius 1 is 1.40 bits per heavy atom. The van der Waals surface area contributed by atoms with Crippen molar-refractivity contribution in [2.45, 2.75) is 5.33 Å². The van der Waals surface area contributed by atoms with E-state index in [1.54, 1.807) is 6.20 Å². The zero-order valence-electron chi connectivity index (χ0n) is 5.05. The number of pyridine rings is 1. The topological polar surface area (TPSA) is 12.9 Å². The smallest absolute Gasteiger partial charge is 0.0509 e. The molecule has 1 rings (SSSR count). The molecule has 0 saturated heterocycles. The molecule has 0 N–H and O–H groups in total. The molecule has 0 unspecified atom stereocenters. The lowest BCUT2D eigenvalue weighted by atomic mass is 10.4. The third-order valence-electron chi connectivity index (χ3n) is 0.926. The molecule has 1 heterocycles. The molecule has 0 amide bonds. The van der Waals surface area contributed by atoms with Crippen molar-refractivity contribution in [1.29, 1.82) is 0 Å². The van der Waals surface area contributed by atoms with E-state index in [-0.39, 0.29) is 17.0 Å². The van der Waals surface area contributed by atoms with Crippen molar-refractivity contribution in [2.24, 2.45) is 0 Å². The second kappa shape index (κ2) is 5.27. The van der Waals surface area contributed by atoms with Gasteiger partial charge in [-0.2, -0.15) is 0 Å². The number of halogens is 3. The molecule has 0 aliphatic carbocycles. The summed E-state index contributed by atoms with van der Waals surface area (Å²) < 4.78 is 1.02. The van der Waals surface area contributed by atoms with Crippen molar-refractivity contribution >= 4 is 48.8 Å². The summed E-state index contributed by atoms with van der Waals surface area (Å²) in [6.45, 7) is 0. The lowest BCUT2D eigenvalue weighted by molar-refractivity contribution is 1.17. The largest absolute Gasteiger partial charge is 0.259 e. The highest BCUT2D eigenvalue weighted by Gasteiger charge is 1.88. The van der Waals surface area contributed by atoms with Crippen molar-refractivity contribution in [1.82, 2.24) is 4.98 Å². The minimum absolute atomic E-state index is 0. The molecular weight excluding hydrogens is 326 g/mol. The van der Waals surface area contributed by atoms with E-state index in [9.17, 15) is 0 Å². The van der Waals surface area contributed by atoms with E-state index in [1.165, 1.54) is 0 Å². The fourth-order valence-corrected chi connectivity index (χ4v) is 1.05. The van der Waals surface area contributed by atoms with Crippen LogP contribution in [-0.2, 0) is 5.33 Å². The first-order valence-corrected chi connectivity index (χ1v) is 4.41. The maximum Gasteiger partial charge on any atom is 0.0509 e. The summed E-state index contributed by atoms with van der Waals surface area (Å²) in [6.07, 6.45) is 1.79. The van der Waals surface area contributed by atoms with Crippen LogP contribution in [0.25, 0.3) is 0 Å². The summed E-state index contributed by atoms with van der Waals surface area (Å²) >= 11 is 6.60. The molecule has 0 fully saturated rings. The number of aromatic nitrogens is 1. The maximum absolute atomic E-state index is 4.10.